The summed E-state index contributed by atoms with van der Waals surface area (Å²) in [5.41, 5.74) is 8.29. The van der Waals surface area contributed by atoms with E-state index in [2.05, 4.69) is 30.0 Å². The molecule has 3 N–H and O–H groups in total. The van der Waals surface area contributed by atoms with Gasteiger partial charge in [0.15, 0.2) is 0 Å². The molecule has 0 amide bonds. The minimum atomic E-state index is -0.129. The molecule has 2 rings (SSSR count). The predicted molar refractivity (Wildman–Crippen MR) is 69.4 cm³/mol. The number of aliphatic hydroxyl groups is 1. The van der Waals surface area contributed by atoms with Gasteiger partial charge in [0.2, 0.25) is 0 Å². The highest BCUT2D eigenvalue weighted by atomic mass is 16.3. The lowest BCUT2D eigenvalue weighted by Crippen LogP contribution is -2.41. The maximum Gasteiger partial charge on any atom is 0.0590 e. The second-order valence-corrected chi connectivity index (χ2v) is 5.04. The standard InChI is InChI=1S/C14H22N2O/c1-11-9-16(7-6-14(11)17)10-13-5-3-2-4-12(13)8-15/h2-5,11,14,17H,6-10,15H2,1H3. The van der Waals surface area contributed by atoms with E-state index in [0.29, 0.717) is 12.5 Å². The van der Waals surface area contributed by atoms with Crippen LogP contribution in [-0.4, -0.2) is 29.2 Å². The van der Waals surface area contributed by atoms with Crippen molar-refractivity contribution >= 4 is 0 Å². The molecule has 3 heteroatoms. The van der Waals surface area contributed by atoms with Crippen molar-refractivity contribution in [2.75, 3.05) is 13.1 Å². The average Bonchev–Trinajstić information content (AvgIpc) is 2.34. The molecule has 1 aromatic rings. The molecule has 0 spiro atoms. The Morgan fingerprint density at radius 1 is 1.35 bits per heavy atom. The summed E-state index contributed by atoms with van der Waals surface area (Å²) in [5.74, 6) is 0.369. The van der Waals surface area contributed by atoms with Gasteiger partial charge in [-0.2, -0.15) is 0 Å². The molecule has 1 heterocycles. The third-order valence-electron chi connectivity index (χ3n) is 3.68. The van der Waals surface area contributed by atoms with Crippen molar-refractivity contribution < 1.29 is 5.11 Å². The topological polar surface area (TPSA) is 49.5 Å². The van der Waals surface area contributed by atoms with Crippen molar-refractivity contribution in [1.82, 2.24) is 4.90 Å². The van der Waals surface area contributed by atoms with Crippen LogP contribution in [0.5, 0.6) is 0 Å². The Labute approximate surface area is 103 Å². The first-order valence-electron chi connectivity index (χ1n) is 6.38. The van der Waals surface area contributed by atoms with Crippen LogP contribution in [0.15, 0.2) is 24.3 Å². The summed E-state index contributed by atoms with van der Waals surface area (Å²) >= 11 is 0. The second kappa shape index (κ2) is 5.63. The van der Waals surface area contributed by atoms with Crippen LogP contribution >= 0.6 is 0 Å². The third kappa shape index (κ3) is 3.06. The van der Waals surface area contributed by atoms with Crippen LogP contribution in [0.4, 0.5) is 0 Å². The Morgan fingerprint density at radius 2 is 2.06 bits per heavy atom. The molecular weight excluding hydrogens is 212 g/mol. The van der Waals surface area contributed by atoms with Crippen molar-refractivity contribution in [3.05, 3.63) is 35.4 Å². The van der Waals surface area contributed by atoms with Crippen molar-refractivity contribution in [1.29, 1.82) is 0 Å². The lowest BCUT2D eigenvalue weighted by Gasteiger charge is -2.34. The Morgan fingerprint density at radius 3 is 2.71 bits per heavy atom. The maximum atomic E-state index is 9.72. The summed E-state index contributed by atoms with van der Waals surface area (Å²) in [6.45, 7) is 5.61. The summed E-state index contributed by atoms with van der Waals surface area (Å²) in [6.07, 6.45) is 0.752. The molecule has 1 fully saturated rings. The molecule has 3 nitrogen and oxygen atoms in total. The molecule has 94 valence electrons. The molecule has 1 aliphatic heterocycles. The molecule has 0 radical (unpaired) electrons. The van der Waals surface area contributed by atoms with Gasteiger partial charge in [0.05, 0.1) is 6.10 Å². The summed E-state index contributed by atoms with van der Waals surface area (Å²) in [6, 6.07) is 8.35. The average molecular weight is 234 g/mol. The molecule has 2 atom stereocenters. The molecule has 17 heavy (non-hydrogen) atoms. The van der Waals surface area contributed by atoms with Gasteiger partial charge in [0.1, 0.15) is 0 Å². The van der Waals surface area contributed by atoms with E-state index in [1.807, 2.05) is 6.07 Å². The Balaban J connectivity index is 2.01. The third-order valence-corrected chi connectivity index (χ3v) is 3.68. The predicted octanol–water partition coefficient (Wildman–Crippen LogP) is 1.35. The van der Waals surface area contributed by atoms with E-state index >= 15 is 0 Å². The molecule has 0 aromatic heterocycles. The Bertz CT molecular complexity index is 367. The molecular formula is C14H22N2O. The first kappa shape index (κ1) is 12.6. The van der Waals surface area contributed by atoms with Crippen molar-refractivity contribution in [2.45, 2.75) is 32.5 Å². The van der Waals surface area contributed by atoms with E-state index in [-0.39, 0.29) is 6.10 Å². The van der Waals surface area contributed by atoms with Gasteiger partial charge in [-0.05, 0) is 23.5 Å². The number of aliphatic hydroxyl groups excluding tert-OH is 1. The molecule has 1 aromatic carbocycles. The number of nitrogens with two attached hydrogens (primary N) is 1. The minimum absolute atomic E-state index is 0.129. The largest absolute Gasteiger partial charge is 0.393 e. The molecule has 1 aliphatic rings. The van der Waals surface area contributed by atoms with E-state index in [0.717, 1.165) is 26.1 Å². The van der Waals surface area contributed by atoms with E-state index in [9.17, 15) is 5.11 Å². The van der Waals surface area contributed by atoms with Crippen LogP contribution in [0.25, 0.3) is 0 Å². The fraction of sp³-hybridized carbons (Fsp3) is 0.571. The quantitative estimate of drug-likeness (QED) is 0.830. The zero-order chi connectivity index (χ0) is 12.3. The van der Waals surface area contributed by atoms with E-state index < -0.39 is 0 Å². The zero-order valence-electron chi connectivity index (χ0n) is 10.5. The van der Waals surface area contributed by atoms with E-state index in [1.54, 1.807) is 0 Å². The van der Waals surface area contributed by atoms with Crippen LogP contribution in [-0.2, 0) is 13.1 Å². The van der Waals surface area contributed by atoms with Crippen molar-refractivity contribution in [2.24, 2.45) is 11.7 Å². The number of benzene rings is 1. The SMILES string of the molecule is CC1CN(Cc2ccccc2CN)CCC1O. The number of hydrogen-bond donors (Lipinski definition) is 2. The normalized spacial score (nSPS) is 26.1. The first-order chi connectivity index (χ1) is 8.20. The number of likely N-dealkylation sites (tertiary alicyclic amines) is 1. The fourth-order valence-corrected chi connectivity index (χ4v) is 2.51. The second-order valence-electron chi connectivity index (χ2n) is 5.04. The molecule has 0 aliphatic carbocycles. The molecule has 2 unspecified atom stereocenters. The minimum Gasteiger partial charge on any atom is -0.393 e. The van der Waals surface area contributed by atoms with Crippen molar-refractivity contribution in [3.8, 4) is 0 Å². The van der Waals surface area contributed by atoms with Gasteiger partial charge in [-0.15, -0.1) is 0 Å². The van der Waals surface area contributed by atoms with Gasteiger partial charge < -0.3 is 10.8 Å². The monoisotopic (exact) mass is 234 g/mol. The maximum absolute atomic E-state index is 9.72. The molecule has 1 saturated heterocycles. The summed E-state index contributed by atoms with van der Waals surface area (Å²) in [5, 5.41) is 9.72. The highest BCUT2D eigenvalue weighted by Crippen LogP contribution is 2.19. The Kier molecular flexibility index (Phi) is 4.15. The van der Waals surface area contributed by atoms with Gasteiger partial charge in [-0.25, -0.2) is 0 Å². The molecule has 0 saturated carbocycles. The highest BCUT2D eigenvalue weighted by molar-refractivity contribution is 5.26. The number of rotatable bonds is 3. The number of piperidine rings is 1. The zero-order valence-corrected chi connectivity index (χ0v) is 10.5. The summed E-state index contributed by atoms with van der Waals surface area (Å²) in [7, 11) is 0. The van der Waals surface area contributed by atoms with Gasteiger partial charge in [0.25, 0.3) is 0 Å². The van der Waals surface area contributed by atoms with Crippen LogP contribution in [0.1, 0.15) is 24.5 Å². The van der Waals surface area contributed by atoms with Crippen LogP contribution in [0.3, 0.4) is 0 Å². The van der Waals surface area contributed by atoms with Gasteiger partial charge in [-0.3, -0.25) is 4.90 Å². The van der Waals surface area contributed by atoms with Gasteiger partial charge >= 0.3 is 0 Å². The number of hydrogen-bond acceptors (Lipinski definition) is 3. The van der Waals surface area contributed by atoms with Crippen molar-refractivity contribution in [3.63, 3.8) is 0 Å². The molecule has 0 bridgehead atoms. The van der Waals surface area contributed by atoms with Gasteiger partial charge in [-0.1, -0.05) is 31.2 Å². The summed E-state index contributed by atoms with van der Waals surface area (Å²) < 4.78 is 0. The van der Waals surface area contributed by atoms with Crippen LogP contribution in [0, 0.1) is 5.92 Å². The highest BCUT2D eigenvalue weighted by Gasteiger charge is 2.24. The number of nitrogens with zero attached hydrogens (tertiary/aromatic N) is 1. The lowest BCUT2D eigenvalue weighted by atomic mass is 9.96. The lowest BCUT2D eigenvalue weighted by molar-refractivity contribution is 0.0319. The first-order valence-corrected chi connectivity index (χ1v) is 6.38. The Hall–Kier alpha value is -0.900. The smallest absolute Gasteiger partial charge is 0.0590 e. The fourth-order valence-electron chi connectivity index (χ4n) is 2.51. The van der Waals surface area contributed by atoms with Crippen LogP contribution in [0.2, 0.25) is 0 Å². The van der Waals surface area contributed by atoms with E-state index in [4.69, 9.17) is 5.73 Å². The summed E-state index contributed by atoms with van der Waals surface area (Å²) in [4.78, 5) is 2.41. The van der Waals surface area contributed by atoms with Crippen LogP contribution < -0.4 is 5.73 Å². The van der Waals surface area contributed by atoms with E-state index in [1.165, 1.54) is 11.1 Å². The van der Waals surface area contributed by atoms with Gasteiger partial charge in [0, 0.05) is 26.2 Å².